The van der Waals surface area contributed by atoms with Crippen molar-refractivity contribution < 1.29 is 9.53 Å². The number of carbonyl (C=O) groups is 1. The normalized spacial score (nSPS) is 22.1. The molecule has 1 heterocycles. The zero-order chi connectivity index (χ0) is 15.5. The Hall–Kier alpha value is -2.35. The van der Waals surface area contributed by atoms with Crippen LogP contribution < -0.4 is 4.74 Å². The third-order valence-electron chi connectivity index (χ3n) is 4.78. The van der Waals surface area contributed by atoms with Gasteiger partial charge in [-0.1, -0.05) is 30.3 Å². The van der Waals surface area contributed by atoms with E-state index in [9.17, 15) is 4.79 Å². The molecule has 1 aliphatic heterocycles. The van der Waals surface area contributed by atoms with Crippen LogP contribution in [0.4, 0.5) is 0 Å². The zero-order valence-electron chi connectivity index (χ0n) is 13.1. The highest BCUT2D eigenvalue weighted by molar-refractivity contribution is 6.09. The van der Waals surface area contributed by atoms with E-state index >= 15 is 0 Å². The summed E-state index contributed by atoms with van der Waals surface area (Å²) in [6.45, 7) is 6.03. The van der Waals surface area contributed by atoms with Gasteiger partial charge in [-0.3, -0.25) is 4.79 Å². The SMILES string of the molecule is CC1=Cc2ccccc2[C@]2(Cc3c(C)cc(C)cc3O2)C1=O. The van der Waals surface area contributed by atoms with Gasteiger partial charge in [0, 0.05) is 17.5 Å². The van der Waals surface area contributed by atoms with Gasteiger partial charge in [0.15, 0.2) is 0 Å². The van der Waals surface area contributed by atoms with Crippen molar-refractivity contribution in [1.82, 2.24) is 0 Å². The summed E-state index contributed by atoms with van der Waals surface area (Å²) in [6, 6.07) is 12.3. The lowest BCUT2D eigenvalue weighted by Gasteiger charge is -2.32. The Labute approximate surface area is 130 Å². The van der Waals surface area contributed by atoms with Crippen LogP contribution in [-0.2, 0) is 16.8 Å². The van der Waals surface area contributed by atoms with E-state index in [4.69, 9.17) is 4.74 Å². The van der Waals surface area contributed by atoms with Crippen molar-refractivity contribution in [3.8, 4) is 5.75 Å². The number of hydrogen-bond donors (Lipinski definition) is 0. The van der Waals surface area contributed by atoms with Crippen LogP contribution in [0.2, 0.25) is 0 Å². The molecule has 0 unspecified atom stereocenters. The van der Waals surface area contributed by atoms with Crippen LogP contribution >= 0.6 is 0 Å². The average Bonchev–Trinajstić information content (AvgIpc) is 2.86. The maximum absolute atomic E-state index is 13.0. The van der Waals surface area contributed by atoms with Crippen LogP contribution in [0.25, 0.3) is 6.08 Å². The van der Waals surface area contributed by atoms with E-state index in [1.807, 2.05) is 37.3 Å². The fraction of sp³-hybridized carbons (Fsp3) is 0.250. The van der Waals surface area contributed by atoms with Gasteiger partial charge < -0.3 is 4.74 Å². The standard InChI is InChI=1S/C20H18O2/c1-12-8-13(2)16-11-20(22-18(16)9-12)17-7-5-4-6-15(17)10-14(3)19(20)21/h4-10H,11H2,1-3H3/t20-/m1/s1. The minimum Gasteiger partial charge on any atom is -0.474 e. The third kappa shape index (κ3) is 1.64. The van der Waals surface area contributed by atoms with Crippen LogP contribution in [0.5, 0.6) is 5.75 Å². The van der Waals surface area contributed by atoms with Gasteiger partial charge in [0.1, 0.15) is 5.75 Å². The smallest absolute Gasteiger partial charge is 0.207 e. The van der Waals surface area contributed by atoms with E-state index in [1.54, 1.807) is 0 Å². The van der Waals surface area contributed by atoms with Crippen molar-refractivity contribution in [2.75, 3.05) is 0 Å². The molecule has 0 fully saturated rings. The summed E-state index contributed by atoms with van der Waals surface area (Å²) in [7, 11) is 0. The Morgan fingerprint density at radius 2 is 1.86 bits per heavy atom. The van der Waals surface area contributed by atoms with Gasteiger partial charge in [-0.25, -0.2) is 0 Å². The first-order valence-corrected chi connectivity index (χ1v) is 7.63. The van der Waals surface area contributed by atoms with Gasteiger partial charge in [0.25, 0.3) is 0 Å². The van der Waals surface area contributed by atoms with Crippen molar-refractivity contribution in [3.63, 3.8) is 0 Å². The van der Waals surface area contributed by atoms with Crippen LogP contribution in [0.1, 0.15) is 34.7 Å². The van der Waals surface area contributed by atoms with Crippen molar-refractivity contribution in [1.29, 1.82) is 0 Å². The molecule has 0 saturated heterocycles. The minimum atomic E-state index is -0.879. The van der Waals surface area contributed by atoms with Gasteiger partial charge in [-0.15, -0.1) is 0 Å². The highest BCUT2D eigenvalue weighted by Crippen LogP contribution is 2.48. The number of Topliss-reactive ketones (excluding diaryl/α,β-unsaturated/α-hetero) is 1. The van der Waals surface area contributed by atoms with Gasteiger partial charge >= 0.3 is 0 Å². The summed E-state index contributed by atoms with van der Waals surface area (Å²) >= 11 is 0. The molecule has 2 aliphatic rings. The summed E-state index contributed by atoms with van der Waals surface area (Å²) < 4.78 is 6.32. The second-order valence-electron chi connectivity index (χ2n) is 6.41. The van der Waals surface area contributed by atoms with E-state index in [2.05, 4.69) is 26.0 Å². The van der Waals surface area contributed by atoms with Crippen molar-refractivity contribution >= 4 is 11.9 Å². The number of rotatable bonds is 0. The highest BCUT2D eigenvalue weighted by atomic mass is 16.5. The number of ether oxygens (including phenoxy) is 1. The molecular weight excluding hydrogens is 272 g/mol. The van der Waals surface area contributed by atoms with Gasteiger partial charge in [0.05, 0.1) is 0 Å². The minimum absolute atomic E-state index is 0.0828. The number of carbonyl (C=O) groups excluding carboxylic acids is 1. The number of benzene rings is 2. The second-order valence-corrected chi connectivity index (χ2v) is 6.41. The van der Waals surface area contributed by atoms with Crippen LogP contribution in [0.3, 0.4) is 0 Å². The van der Waals surface area contributed by atoms with E-state index in [1.165, 1.54) is 5.56 Å². The van der Waals surface area contributed by atoms with E-state index in [-0.39, 0.29) is 5.78 Å². The molecule has 0 radical (unpaired) electrons. The Morgan fingerprint density at radius 3 is 2.68 bits per heavy atom. The quantitative estimate of drug-likeness (QED) is 0.729. The molecule has 0 saturated carbocycles. The molecule has 2 aromatic carbocycles. The van der Waals surface area contributed by atoms with Gasteiger partial charge in [-0.05, 0) is 55.2 Å². The summed E-state index contributed by atoms with van der Waals surface area (Å²) in [6.07, 6.45) is 2.59. The summed E-state index contributed by atoms with van der Waals surface area (Å²) in [5.41, 5.74) is 5.47. The molecule has 1 spiro atoms. The molecule has 4 rings (SSSR count). The van der Waals surface area contributed by atoms with Crippen molar-refractivity contribution in [2.24, 2.45) is 0 Å². The lowest BCUT2D eigenvalue weighted by molar-refractivity contribution is -0.130. The van der Waals surface area contributed by atoms with Crippen molar-refractivity contribution in [3.05, 3.63) is 69.8 Å². The Balaban J connectivity index is 1.95. The van der Waals surface area contributed by atoms with E-state index < -0.39 is 5.60 Å². The maximum atomic E-state index is 13.0. The molecule has 0 amide bonds. The molecule has 0 N–H and O–H groups in total. The van der Waals surface area contributed by atoms with Gasteiger partial charge in [0.2, 0.25) is 11.4 Å². The molecule has 0 aromatic heterocycles. The van der Waals surface area contributed by atoms with Gasteiger partial charge in [-0.2, -0.15) is 0 Å². The molecular formula is C20H18O2. The molecule has 1 atom stereocenters. The molecule has 1 aliphatic carbocycles. The predicted molar refractivity (Wildman–Crippen MR) is 87.0 cm³/mol. The Morgan fingerprint density at radius 1 is 1.09 bits per heavy atom. The second kappa shape index (κ2) is 4.33. The summed E-state index contributed by atoms with van der Waals surface area (Å²) in [5, 5.41) is 0. The average molecular weight is 290 g/mol. The molecule has 2 heteroatoms. The highest BCUT2D eigenvalue weighted by Gasteiger charge is 2.50. The first-order valence-electron chi connectivity index (χ1n) is 7.63. The first-order chi connectivity index (χ1) is 10.5. The number of hydrogen-bond acceptors (Lipinski definition) is 2. The molecule has 0 bridgehead atoms. The number of aryl methyl sites for hydroxylation is 2. The fourth-order valence-corrected chi connectivity index (χ4v) is 3.76. The lowest BCUT2D eigenvalue weighted by atomic mass is 9.76. The largest absolute Gasteiger partial charge is 0.474 e. The molecule has 22 heavy (non-hydrogen) atoms. The van der Waals surface area contributed by atoms with Crippen molar-refractivity contribution in [2.45, 2.75) is 32.8 Å². The Kier molecular flexibility index (Phi) is 2.62. The zero-order valence-corrected chi connectivity index (χ0v) is 13.1. The third-order valence-corrected chi connectivity index (χ3v) is 4.78. The molecule has 2 nitrogen and oxygen atoms in total. The topological polar surface area (TPSA) is 26.3 Å². The molecule has 2 aromatic rings. The van der Waals surface area contributed by atoms with E-state index in [0.717, 1.165) is 33.6 Å². The number of ketones is 1. The summed E-state index contributed by atoms with van der Waals surface area (Å²) in [5.74, 6) is 0.940. The Bertz CT molecular complexity index is 845. The summed E-state index contributed by atoms with van der Waals surface area (Å²) in [4.78, 5) is 13.0. The van der Waals surface area contributed by atoms with Crippen LogP contribution in [0.15, 0.2) is 42.0 Å². The van der Waals surface area contributed by atoms with Crippen LogP contribution in [0, 0.1) is 13.8 Å². The van der Waals surface area contributed by atoms with E-state index in [0.29, 0.717) is 6.42 Å². The lowest BCUT2D eigenvalue weighted by Crippen LogP contribution is -2.43. The maximum Gasteiger partial charge on any atom is 0.207 e. The predicted octanol–water partition coefficient (Wildman–Crippen LogP) is 4.12. The fourth-order valence-electron chi connectivity index (χ4n) is 3.76. The van der Waals surface area contributed by atoms with Crippen LogP contribution in [-0.4, -0.2) is 5.78 Å². The molecule has 110 valence electrons. The monoisotopic (exact) mass is 290 g/mol. The number of fused-ring (bicyclic) bond motifs is 3. The first kappa shape index (κ1) is 13.3.